The van der Waals surface area contributed by atoms with E-state index in [1.807, 2.05) is 0 Å². The van der Waals surface area contributed by atoms with Crippen molar-refractivity contribution >= 4 is 45.4 Å². The molecule has 4 atom stereocenters. The Morgan fingerprint density at radius 3 is 1.64 bits per heavy atom. The van der Waals surface area contributed by atoms with E-state index in [2.05, 4.69) is 13.2 Å². The second kappa shape index (κ2) is 12.1. The number of carbonyl (C=O) groups excluding carboxylic acids is 4. The van der Waals surface area contributed by atoms with Gasteiger partial charge in [-0.2, -0.15) is 0 Å². The van der Waals surface area contributed by atoms with Crippen LogP contribution < -0.4 is 9.47 Å². The van der Waals surface area contributed by atoms with Crippen molar-refractivity contribution in [2.24, 2.45) is 5.92 Å². The number of esters is 4. The fourth-order valence-corrected chi connectivity index (χ4v) is 5.72. The predicted octanol–water partition coefficient (Wildman–Crippen LogP) is 5.74. The minimum atomic E-state index is -0.552. The van der Waals surface area contributed by atoms with Gasteiger partial charge >= 0.3 is 23.9 Å². The number of benzene rings is 4. The summed E-state index contributed by atoms with van der Waals surface area (Å²) in [6.45, 7) is 7.00. The van der Waals surface area contributed by atoms with Crippen molar-refractivity contribution in [3.63, 3.8) is 0 Å². The first kappa shape index (κ1) is 28.8. The summed E-state index contributed by atoms with van der Waals surface area (Å²) >= 11 is 0. The molecule has 2 aliphatic rings. The second-order valence-corrected chi connectivity index (χ2v) is 10.6. The van der Waals surface area contributed by atoms with Crippen LogP contribution in [0.5, 0.6) is 11.5 Å². The van der Waals surface area contributed by atoms with Crippen molar-refractivity contribution in [2.75, 3.05) is 6.61 Å². The summed E-state index contributed by atoms with van der Waals surface area (Å²) in [6.07, 6.45) is 2.17. The van der Waals surface area contributed by atoms with Gasteiger partial charge in [-0.3, -0.25) is 0 Å². The van der Waals surface area contributed by atoms with Gasteiger partial charge in [-0.1, -0.05) is 37.4 Å². The highest BCUT2D eigenvalue weighted by molar-refractivity contribution is 5.97. The molecule has 4 aromatic rings. The van der Waals surface area contributed by atoms with Gasteiger partial charge in [-0.05, 0) is 82.9 Å². The fraction of sp³-hybridized carbons (Fsp3) is 0.200. The molecule has 0 unspecified atom stereocenters. The molecule has 0 radical (unpaired) electrons. The summed E-state index contributed by atoms with van der Waals surface area (Å²) in [4.78, 5) is 49.1. The van der Waals surface area contributed by atoms with Gasteiger partial charge in [0.15, 0.2) is 0 Å². The molecule has 222 valence electrons. The van der Waals surface area contributed by atoms with Crippen LogP contribution in [0.3, 0.4) is 0 Å². The molecule has 1 saturated heterocycles. The van der Waals surface area contributed by atoms with Crippen LogP contribution in [0.4, 0.5) is 0 Å². The van der Waals surface area contributed by atoms with Crippen LogP contribution in [0.15, 0.2) is 98.1 Å². The normalized spacial score (nSPS) is 20.5. The summed E-state index contributed by atoms with van der Waals surface area (Å²) in [5, 5.41) is 3.17. The van der Waals surface area contributed by atoms with E-state index in [1.54, 1.807) is 72.8 Å². The Kier molecular flexibility index (Phi) is 7.95. The van der Waals surface area contributed by atoms with Crippen molar-refractivity contribution in [2.45, 2.75) is 31.2 Å². The standard InChI is InChI=1S/C35H28O9/c1-3-31(36)41-26-11-9-20-15-24(7-5-22(20)17-26)34(38)43-29-14-13-28-30(19-40-33(28)29)44-35(39)25-8-6-23-18-27(42-32(37)4-2)12-10-21(23)16-25/h3-12,15-18,28-30,33H,1-2,13-14,19H2/t28-,29-,30+,33+/m1/s1. The van der Waals surface area contributed by atoms with Gasteiger partial charge in [-0.25, -0.2) is 19.2 Å². The lowest BCUT2D eigenvalue weighted by Gasteiger charge is -2.19. The van der Waals surface area contributed by atoms with Crippen LogP contribution in [-0.4, -0.2) is 48.8 Å². The molecule has 9 nitrogen and oxygen atoms in total. The van der Waals surface area contributed by atoms with E-state index in [0.717, 1.165) is 33.7 Å². The van der Waals surface area contributed by atoms with Gasteiger partial charge in [-0.15, -0.1) is 0 Å². The molecule has 9 heteroatoms. The third-order valence-electron chi connectivity index (χ3n) is 7.89. The first-order valence-electron chi connectivity index (χ1n) is 14.1. The van der Waals surface area contributed by atoms with E-state index >= 15 is 0 Å². The monoisotopic (exact) mass is 592 g/mol. The first-order valence-corrected chi connectivity index (χ1v) is 14.1. The lowest BCUT2D eigenvalue weighted by Crippen LogP contribution is -2.31. The molecule has 1 aliphatic carbocycles. The average molecular weight is 593 g/mol. The van der Waals surface area contributed by atoms with E-state index in [4.69, 9.17) is 23.7 Å². The summed E-state index contributed by atoms with van der Waals surface area (Å²) in [5.41, 5.74) is 0.778. The van der Waals surface area contributed by atoms with Crippen molar-refractivity contribution in [1.29, 1.82) is 0 Å². The lowest BCUT2D eigenvalue weighted by molar-refractivity contribution is -0.129. The Labute approximate surface area is 252 Å². The van der Waals surface area contributed by atoms with Gasteiger partial charge in [0.2, 0.25) is 0 Å². The topological polar surface area (TPSA) is 114 Å². The van der Waals surface area contributed by atoms with Gasteiger partial charge in [0.25, 0.3) is 0 Å². The van der Waals surface area contributed by atoms with Crippen LogP contribution in [0.1, 0.15) is 33.6 Å². The van der Waals surface area contributed by atoms with Gasteiger partial charge in [0.1, 0.15) is 29.8 Å². The number of hydrogen-bond acceptors (Lipinski definition) is 9. The molecule has 0 N–H and O–H groups in total. The third-order valence-corrected chi connectivity index (χ3v) is 7.89. The highest BCUT2D eigenvalue weighted by atomic mass is 16.6. The lowest BCUT2D eigenvalue weighted by atomic mass is 10.0. The Morgan fingerprint density at radius 1 is 0.636 bits per heavy atom. The van der Waals surface area contributed by atoms with E-state index in [0.29, 0.717) is 35.5 Å². The summed E-state index contributed by atoms with van der Waals surface area (Å²) in [6, 6.07) is 20.5. The molecule has 2 fully saturated rings. The SMILES string of the molecule is C=CC(=O)Oc1ccc2cc(C(=O)O[C@H]3CO[C@H]4[C@@H]3CC[C@H]4OC(=O)c3ccc4cc(OC(=O)C=C)ccc4c3)ccc2c1. The van der Waals surface area contributed by atoms with Crippen molar-refractivity contribution < 1.29 is 42.9 Å². The van der Waals surface area contributed by atoms with Crippen molar-refractivity contribution in [3.05, 3.63) is 109 Å². The Hall–Kier alpha value is -5.28. The maximum Gasteiger partial charge on any atom is 0.338 e. The van der Waals surface area contributed by atoms with E-state index in [1.165, 1.54) is 0 Å². The zero-order valence-electron chi connectivity index (χ0n) is 23.6. The van der Waals surface area contributed by atoms with E-state index in [9.17, 15) is 19.2 Å². The summed E-state index contributed by atoms with van der Waals surface area (Å²) < 4.78 is 28.0. The molecule has 0 bridgehead atoms. The quantitative estimate of drug-likeness (QED) is 0.144. The minimum Gasteiger partial charge on any atom is -0.456 e. The third kappa shape index (κ3) is 5.95. The molecule has 44 heavy (non-hydrogen) atoms. The average Bonchev–Trinajstić information content (AvgIpc) is 3.63. The van der Waals surface area contributed by atoms with Crippen molar-refractivity contribution in [3.8, 4) is 11.5 Å². The molecule has 0 spiro atoms. The fourth-order valence-electron chi connectivity index (χ4n) is 5.72. The minimum absolute atomic E-state index is 0.0902. The smallest absolute Gasteiger partial charge is 0.338 e. The number of hydrogen-bond donors (Lipinski definition) is 0. The number of fused-ring (bicyclic) bond motifs is 3. The van der Waals surface area contributed by atoms with E-state index < -0.39 is 36.1 Å². The number of carbonyl (C=O) groups is 4. The number of ether oxygens (including phenoxy) is 5. The molecule has 1 saturated carbocycles. The Bertz CT molecular complexity index is 1690. The van der Waals surface area contributed by atoms with Gasteiger partial charge < -0.3 is 23.7 Å². The van der Waals surface area contributed by atoms with Crippen LogP contribution in [0, 0.1) is 5.92 Å². The van der Waals surface area contributed by atoms with Crippen LogP contribution in [0.25, 0.3) is 21.5 Å². The molecular formula is C35H28O9. The molecule has 1 aliphatic heterocycles. The molecule has 0 aromatic heterocycles. The second-order valence-electron chi connectivity index (χ2n) is 10.6. The van der Waals surface area contributed by atoms with Crippen LogP contribution in [0.2, 0.25) is 0 Å². The largest absolute Gasteiger partial charge is 0.456 e. The molecular weight excluding hydrogens is 564 g/mol. The highest BCUT2D eigenvalue weighted by Crippen LogP contribution is 2.40. The molecule has 6 rings (SSSR count). The van der Waals surface area contributed by atoms with Gasteiger partial charge in [0.05, 0.1) is 17.7 Å². The maximum atomic E-state index is 13.1. The number of rotatable bonds is 8. The van der Waals surface area contributed by atoms with Crippen molar-refractivity contribution in [1.82, 2.24) is 0 Å². The van der Waals surface area contributed by atoms with Gasteiger partial charge in [0, 0.05) is 18.1 Å². The molecule has 4 aromatic carbocycles. The Morgan fingerprint density at radius 2 is 1.11 bits per heavy atom. The Balaban J connectivity index is 1.07. The zero-order chi connectivity index (χ0) is 30.8. The zero-order valence-corrected chi connectivity index (χ0v) is 23.6. The summed E-state index contributed by atoms with van der Waals surface area (Å²) in [7, 11) is 0. The predicted molar refractivity (Wildman–Crippen MR) is 160 cm³/mol. The molecule has 0 amide bonds. The first-order chi connectivity index (χ1) is 21.3. The van der Waals surface area contributed by atoms with Crippen LogP contribution in [-0.2, 0) is 23.8 Å². The summed E-state index contributed by atoms with van der Waals surface area (Å²) in [5.74, 6) is -1.37. The molecule has 1 heterocycles. The van der Waals surface area contributed by atoms with E-state index in [-0.39, 0.29) is 18.6 Å². The maximum absolute atomic E-state index is 13.1. The van der Waals surface area contributed by atoms with Crippen LogP contribution >= 0.6 is 0 Å². The highest BCUT2D eigenvalue weighted by Gasteiger charge is 2.49.